The number of nitrogens with one attached hydrogen (secondary N) is 2. The van der Waals surface area contributed by atoms with Crippen LogP contribution in [-0.4, -0.2) is 22.9 Å². The predicted molar refractivity (Wildman–Crippen MR) is 68.6 cm³/mol. The van der Waals surface area contributed by atoms with Gasteiger partial charge in [0.1, 0.15) is 6.04 Å². The van der Waals surface area contributed by atoms with Gasteiger partial charge in [-0.3, -0.25) is 9.59 Å². The molecule has 1 aromatic rings. The average molecular weight is 321 g/mol. The summed E-state index contributed by atoms with van der Waals surface area (Å²) in [7, 11) is 0. The van der Waals surface area contributed by atoms with Crippen LogP contribution in [0.2, 0.25) is 0 Å². The molecule has 1 aromatic heterocycles. The first-order valence-electron chi connectivity index (χ1n) is 4.60. The molecule has 2 heterocycles. The van der Waals surface area contributed by atoms with Crippen molar-refractivity contribution in [1.82, 2.24) is 10.6 Å². The van der Waals surface area contributed by atoms with Crippen LogP contribution in [0.1, 0.15) is 4.88 Å². The van der Waals surface area contributed by atoms with Crippen LogP contribution in [0.25, 0.3) is 0 Å². The van der Waals surface area contributed by atoms with E-state index in [1.54, 1.807) is 11.3 Å². The molecule has 1 unspecified atom stereocenters. The Morgan fingerprint density at radius 2 is 2.44 bits per heavy atom. The number of carbonyl (C=O) groups excluding carboxylic acids is 2. The lowest BCUT2D eigenvalue weighted by molar-refractivity contribution is -0.122. The Kier molecular flexibility index (Phi) is 3.88. The van der Waals surface area contributed by atoms with E-state index < -0.39 is 0 Å². The molecule has 1 aliphatic rings. The van der Waals surface area contributed by atoms with Gasteiger partial charge in [-0.25, -0.2) is 0 Å². The highest BCUT2D eigenvalue weighted by molar-refractivity contribution is 9.11. The number of rotatable bonds is 3. The quantitative estimate of drug-likeness (QED) is 0.895. The first-order valence-corrected chi connectivity index (χ1v) is 7.20. The molecule has 1 atom stereocenters. The number of halogens is 1. The zero-order valence-electron chi connectivity index (χ0n) is 8.16. The second kappa shape index (κ2) is 5.20. The third kappa shape index (κ3) is 2.99. The van der Waals surface area contributed by atoms with E-state index in [1.807, 2.05) is 12.1 Å². The van der Waals surface area contributed by atoms with E-state index in [1.165, 1.54) is 0 Å². The Morgan fingerprint density at radius 3 is 3.00 bits per heavy atom. The number of amides is 2. The molecular formula is C9H9BrN2O2S2. The fraction of sp³-hybridized carbons (Fsp3) is 0.333. The van der Waals surface area contributed by atoms with Gasteiger partial charge < -0.3 is 10.6 Å². The van der Waals surface area contributed by atoms with Crippen molar-refractivity contribution >= 4 is 50.2 Å². The Labute approximate surface area is 109 Å². The molecule has 0 aromatic carbocycles. The third-order valence-electron chi connectivity index (χ3n) is 2.06. The Balaban J connectivity index is 1.82. The minimum Gasteiger partial charge on any atom is -0.349 e. The summed E-state index contributed by atoms with van der Waals surface area (Å²) in [6.07, 6.45) is 0. The van der Waals surface area contributed by atoms with Gasteiger partial charge in [-0.1, -0.05) is 11.8 Å². The zero-order chi connectivity index (χ0) is 11.5. The summed E-state index contributed by atoms with van der Waals surface area (Å²) in [6.45, 7) is 0.506. The largest absolute Gasteiger partial charge is 0.349 e. The Hall–Kier alpha value is -0.530. The fourth-order valence-electron chi connectivity index (χ4n) is 1.27. The molecule has 0 aliphatic carbocycles. The van der Waals surface area contributed by atoms with E-state index in [4.69, 9.17) is 0 Å². The van der Waals surface area contributed by atoms with Gasteiger partial charge in [-0.15, -0.1) is 11.3 Å². The molecule has 16 heavy (non-hydrogen) atoms. The van der Waals surface area contributed by atoms with Crippen LogP contribution >= 0.6 is 39.0 Å². The van der Waals surface area contributed by atoms with Gasteiger partial charge in [0, 0.05) is 10.6 Å². The van der Waals surface area contributed by atoms with Crippen LogP contribution in [0, 0.1) is 0 Å². The van der Waals surface area contributed by atoms with Crippen LogP contribution in [0.15, 0.2) is 15.9 Å². The lowest BCUT2D eigenvalue weighted by Gasteiger charge is -2.08. The molecular weight excluding hydrogens is 312 g/mol. The Morgan fingerprint density at radius 1 is 1.62 bits per heavy atom. The minimum atomic E-state index is -0.388. The predicted octanol–water partition coefficient (Wildman–Crippen LogP) is 1.95. The van der Waals surface area contributed by atoms with E-state index in [9.17, 15) is 9.59 Å². The van der Waals surface area contributed by atoms with Crippen molar-refractivity contribution in [1.29, 1.82) is 0 Å². The third-order valence-corrected chi connectivity index (χ3v) is 4.56. The maximum atomic E-state index is 11.6. The Bertz CT molecular complexity index is 421. The number of thioether (sulfide) groups is 1. The summed E-state index contributed by atoms with van der Waals surface area (Å²) in [5.74, 6) is 0.390. The van der Waals surface area contributed by atoms with E-state index in [0.717, 1.165) is 20.4 Å². The SMILES string of the molecule is O=C1NC(C(=O)NCc2ccc(Br)s2)CS1. The van der Waals surface area contributed by atoms with E-state index in [0.29, 0.717) is 12.3 Å². The first kappa shape index (κ1) is 11.9. The highest BCUT2D eigenvalue weighted by Crippen LogP contribution is 2.21. The number of thiophene rings is 1. The second-order valence-corrected chi connectivity index (χ2v) is 6.76. The maximum absolute atomic E-state index is 11.6. The van der Waals surface area contributed by atoms with Crippen molar-refractivity contribution in [2.24, 2.45) is 0 Å². The number of hydrogen-bond acceptors (Lipinski definition) is 4. The zero-order valence-corrected chi connectivity index (χ0v) is 11.4. The topological polar surface area (TPSA) is 58.2 Å². The molecule has 0 spiro atoms. The highest BCUT2D eigenvalue weighted by Gasteiger charge is 2.27. The van der Waals surface area contributed by atoms with Crippen LogP contribution in [-0.2, 0) is 11.3 Å². The molecule has 0 saturated carbocycles. The minimum absolute atomic E-state index is 0.122. The van der Waals surface area contributed by atoms with Crippen molar-refractivity contribution in [3.05, 3.63) is 20.8 Å². The summed E-state index contributed by atoms with van der Waals surface area (Å²) >= 11 is 6.08. The summed E-state index contributed by atoms with van der Waals surface area (Å²) in [5, 5.41) is 5.27. The summed E-state index contributed by atoms with van der Waals surface area (Å²) in [5.41, 5.74) is 0. The number of hydrogen-bond donors (Lipinski definition) is 2. The van der Waals surface area contributed by atoms with Gasteiger partial charge in [0.2, 0.25) is 5.91 Å². The molecule has 2 N–H and O–H groups in total. The molecule has 7 heteroatoms. The van der Waals surface area contributed by atoms with Crippen molar-refractivity contribution in [2.75, 3.05) is 5.75 Å². The van der Waals surface area contributed by atoms with E-state index in [-0.39, 0.29) is 17.2 Å². The highest BCUT2D eigenvalue weighted by atomic mass is 79.9. The average Bonchev–Trinajstić information content (AvgIpc) is 2.84. The van der Waals surface area contributed by atoms with Crippen LogP contribution < -0.4 is 10.6 Å². The lowest BCUT2D eigenvalue weighted by atomic mass is 10.3. The molecule has 2 amide bonds. The molecule has 1 fully saturated rings. The van der Waals surface area contributed by atoms with E-state index >= 15 is 0 Å². The standard InChI is InChI=1S/C9H9BrN2O2S2/c10-7-2-1-5(16-7)3-11-8(13)6-4-15-9(14)12-6/h1-2,6H,3-4H2,(H,11,13)(H,12,14). The lowest BCUT2D eigenvalue weighted by Crippen LogP contribution is -2.42. The molecule has 2 rings (SSSR count). The van der Waals surface area contributed by atoms with Crippen molar-refractivity contribution in [2.45, 2.75) is 12.6 Å². The van der Waals surface area contributed by atoms with E-state index in [2.05, 4.69) is 26.6 Å². The van der Waals surface area contributed by atoms with Gasteiger partial charge in [-0.2, -0.15) is 0 Å². The van der Waals surface area contributed by atoms with Crippen molar-refractivity contribution in [3.8, 4) is 0 Å². The molecule has 4 nitrogen and oxygen atoms in total. The summed E-state index contributed by atoms with van der Waals surface area (Å²) in [4.78, 5) is 23.6. The molecule has 1 saturated heterocycles. The van der Waals surface area contributed by atoms with Gasteiger partial charge in [0.25, 0.3) is 5.24 Å². The maximum Gasteiger partial charge on any atom is 0.279 e. The molecule has 0 radical (unpaired) electrons. The number of carbonyl (C=O) groups is 2. The second-order valence-electron chi connectivity index (χ2n) is 3.22. The van der Waals surface area contributed by atoms with Gasteiger partial charge in [0.15, 0.2) is 0 Å². The first-order chi connectivity index (χ1) is 7.65. The van der Waals surface area contributed by atoms with Gasteiger partial charge in [-0.05, 0) is 28.1 Å². The summed E-state index contributed by atoms with van der Waals surface area (Å²) < 4.78 is 1.04. The molecule has 0 bridgehead atoms. The monoisotopic (exact) mass is 320 g/mol. The van der Waals surface area contributed by atoms with Crippen LogP contribution in [0.5, 0.6) is 0 Å². The normalized spacial score (nSPS) is 19.6. The van der Waals surface area contributed by atoms with Gasteiger partial charge >= 0.3 is 0 Å². The molecule has 86 valence electrons. The molecule has 1 aliphatic heterocycles. The fourth-order valence-corrected chi connectivity index (χ4v) is 3.47. The van der Waals surface area contributed by atoms with Gasteiger partial charge in [0.05, 0.1) is 10.3 Å². The smallest absolute Gasteiger partial charge is 0.279 e. The van der Waals surface area contributed by atoms with Crippen molar-refractivity contribution in [3.63, 3.8) is 0 Å². The van der Waals surface area contributed by atoms with Crippen molar-refractivity contribution < 1.29 is 9.59 Å². The summed E-state index contributed by atoms with van der Waals surface area (Å²) in [6, 6.07) is 3.51. The van der Waals surface area contributed by atoms with Crippen LogP contribution in [0.3, 0.4) is 0 Å². The van der Waals surface area contributed by atoms with Crippen LogP contribution in [0.4, 0.5) is 4.79 Å².